The molecule has 2 rings (SSSR count). The molecule has 2 aliphatic rings. The average Bonchev–Trinajstić information content (AvgIpc) is 2.30. The van der Waals surface area contributed by atoms with E-state index in [9.17, 15) is 0 Å². The van der Waals surface area contributed by atoms with Crippen LogP contribution in [0.2, 0.25) is 0 Å². The van der Waals surface area contributed by atoms with Crippen molar-refractivity contribution in [3.05, 3.63) is 0 Å². The van der Waals surface area contributed by atoms with Crippen LogP contribution < -0.4 is 5.73 Å². The molecule has 94 valence electrons. The largest absolute Gasteiger partial charge is 0.326 e. The highest BCUT2D eigenvalue weighted by molar-refractivity contribution is 8.07. The Labute approximate surface area is 109 Å². The van der Waals surface area contributed by atoms with Crippen LogP contribution in [0.5, 0.6) is 0 Å². The zero-order valence-corrected chi connectivity index (χ0v) is 12.2. The SMILES string of the molecule is CC1CCC(C(N)C2SCCSC2C)CC1. The third-order valence-electron chi connectivity index (χ3n) is 4.22. The first kappa shape index (κ1) is 13.1. The fraction of sp³-hybridized carbons (Fsp3) is 1.00. The lowest BCUT2D eigenvalue weighted by Gasteiger charge is -2.39. The van der Waals surface area contributed by atoms with Crippen LogP contribution in [0.3, 0.4) is 0 Å². The van der Waals surface area contributed by atoms with Gasteiger partial charge in [-0.15, -0.1) is 0 Å². The predicted octanol–water partition coefficient (Wildman–Crippen LogP) is 3.38. The maximum absolute atomic E-state index is 6.52. The quantitative estimate of drug-likeness (QED) is 0.823. The lowest BCUT2D eigenvalue weighted by molar-refractivity contribution is 0.251. The lowest BCUT2D eigenvalue weighted by Crippen LogP contribution is -2.46. The second-order valence-electron chi connectivity index (χ2n) is 5.51. The monoisotopic (exact) mass is 259 g/mol. The van der Waals surface area contributed by atoms with Gasteiger partial charge >= 0.3 is 0 Å². The van der Waals surface area contributed by atoms with Gasteiger partial charge < -0.3 is 5.73 Å². The van der Waals surface area contributed by atoms with Crippen molar-refractivity contribution in [1.82, 2.24) is 0 Å². The van der Waals surface area contributed by atoms with Crippen LogP contribution in [0.4, 0.5) is 0 Å². The zero-order chi connectivity index (χ0) is 11.5. The molecule has 0 bridgehead atoms. The van der Waals surface area contributed by atoms with E-state index in [2.05, 4.69) is 37.4 Å². The Kier molecular flexibility index (Phi) is 4.92. The Morgan fingerprint density at radius 2 is 1.62 bits per heavy atom. The van der Waals surface area contributed by atoms with Crippen LogP contribution in [0.25, 0.3) is 0 Å². The van der Waals surface area contributed by atoms with Gasteiger partial charge in [-0.2, -0.15) is 23.5 Å². The minimum Gasteiger partial charge on any atom is -0.326 e. The van der Waals surface area contributed by atoms with E-state index in [1.165, 1.54) is 37.2 Å². The topological polar surface area (TPSA) is 26.0 Å². The standard InChI is InChI=1S/C13H25NS2/c1-9-3-5-11(6-4-9)12(14)13-10(2)15-7-8-16-13/h9-13H,3-8,14H2,1-2H3. The fourth-order valence-electron chi connectivity index (χ4n) is 3.01. The molecule has 3 atom stereocenters. The summed E-state index contributed by atoms with van der Waals surface area (Å²) in [5.74, 6) is 4.36. The summed E-state index contributed by atoms with van der Waals surface area (Å²) in [6.45, 7) is 4.75. The summed E-state index contributed by atoms with van der Waals surface area (Å²) in [6.07, 6.45) is 5.54. The lowest BCUT2D eigenvalue weighted by atomic mass is 9.78. The fourth-order valence-corrected chi connectivity index (χ4v) is 5.98. The molecule has 0 amide bonds. The molecule has 1 nitrogen and oxygen atoms in total. The molecule has 16 heavy (non-hydrogen) atoms. The van der Waals surface area contributed by atoms with Gasteiger partial charge in [0, 0.05) is 28.0 Å². The molecule has 1 saturated carbocycles. The van der Waals surface area contributed by atoms with Gasteiger partial charge in [0.15, 0.2) is 0 Å². The van der Waals surface area contributed by atoms with Gasteiger partial charge in [0.2, 0.25) is 0 Å². The minimum absolute atomic E-state index is 0.445. The molecule has 3 heteroatoms. The van der Waals surface area contributed by atoms with E-state index in [4.69, 9.17) is 5.73 Å². The summed E-state index contributed by atoms with van der Waals surface area (Å²) in [6, 6.07) is 0.445. The Morgan fingerprint density at radius 3 is 2.25 bits per heavy atom. The van der Waals surface area contributed by atoms with Crippen LogP contribution in [-0.4, -0.2) is 28.0 Å². The summed E-state index contributed by atoms with van der Waals surface area (Å²) in [4.78, 5) is 0. The third-order valence-corrected chi connectivity index (χ3v) is 7.46. The second-order valence-corrected chi connectivity index (χ2v) is 8.28. The molecular weight excluding hydrogens is 234 g/mol. The normalized spacial score (nSPS) is 42.9. The molecule has 0 aromatic carbocycles. The second kappa shape index (κ2) is 6.01. The van der Waals surface area contributed by atoms with Crippen molar-refractivity contribution in [3.8, 4) is 0 Å². The Bertz CT molecular complexity index is 214. The first-order valence-electron chi connectivity index (χ1n) is 6.67. The van der Waals surface area contributed by atoms with Gasteiger partial charge in [0.05, 0.1) is 0 Å². The predicted molar refractivity (Wildman–Crippen MR) is 77.3 cm³/mol. The number of hydrogen-bond donors (Lipinski definition) is 1. The van der Waals surface area contributed by atoms with Crippen molar-refractivity contribution in [2.75, 3.05) is 11.5 Å². The van der Waals surface area contributed by atoms with Crippen LogP contribution in [-0.2, 0) is 0 Å². The maximum Gasteiger partial charge on any atom is 0.0318 e. The summed E-state index contributed by atoms with van der Waals surface area (Å²) in [5, 5.41) is 1.46. The molecule has 1 aliphatic heterocycles. The summed E-state index contributed by atoms with van der Waals surface area (Å²) in [7, 11) is 0. The van der Waals surface area contributed by atoms with E-state index in [1.807, 2.05) is 0 Å². The van der Waals surface area contributed by atoms with E-state index >= 15 is 0 Å². The van der Waals surface area contributed by atoms with E-state index in [0.717, 1.165) is 17.1 Å². The van der Waals surface area contributed by atoms with Gasteiger partial charge in [0.25, 0.3) is 0 Å². The van der Waals surface area contributed by atoms with Gasteiger partial charge in [-0.3, -0.25) is 0 Å². The van der Waals surface area contributed by atoms with Crippen LogP contribution in [0, 0.1) is 11.8 Å². The van der Waals surface area contributed by atoms with E-state index < -0.39 is 0 Å². The molecule has 2 N–H and O–H groups in total. The van der Waals surface area contributed by atoms with Gasteiger partial charge in [-0.1, -0.05) is 26.7 Å². The highest BCUT2D eigenvalue weighted by Gasteiger charge is 2.34. The van der Waals surface area contributed by atoms with E-state index in [1.54, 1.807) is 0 Å². The van der Waals surface area contributed by atoms with Crippen LogP contribution in [0.1, 0.15) is 39.5 Å². The molecule has 2 fully saturated rings. The maximum atomic E-state index is 6.52. The number of thioether (sulfide) groups is 2. The van der Waals surface area contributed by atoms with Crippen molar-refractivity contribution in [3.63, 3.8) is 0 Å². The zero-order valence-electron chi connectivity index (χ0n) is 10.5. The molecule has 1 saturated heterocycles. The van der Waals surface area contributed by atoms with Crippen LogP contribution in [0.15, 0.2) is 0 Å². The highest BCUT2D eigenvalue weighted by atomic mass is 32.2. The smallest absolute Gasteiger partial charge is 0.0318 e. The molecule has 0 aromatic heterocycles. The molecule has 0 aromatic rings. The number of rotatable bonds is 2. The van der Waals surface area contributed by atoms with Crippen molar-refractivity contribution in [2.24, 2.45) is 17.6 Å². The van der Waals surface area contributed by atoms with Gasteiger partial charge in [-0.25, -0.2) is 0 Å². The van der Waals surface area contributed by atoms with Gasteiger partial charge in [0.1, 0.15) is 0 Å². The Morgan fingerprint density at radius 1 is 1.00 bits per heavy atom. The van der Waals surface area contributed by atoms with Crippen molar-refractivity contribution in [2.45, 2.75) is 56.1 Å². The average molecular weight is 259 g/mol. The van der Waals surface area contributed by atoms with Crippen LogP contribution >= 0.6 is 23.5 Å². The first-order valence-corrected chi connectivity index (χ1v) is 8.77. The van der Waals surface area contributed by atoms with Crippen molar-refractivity contribution < 1.29 is 0 Å². The van der Waals surface area contributed by atoms with Crippen molar-refractivity contribution in [1.29, 1.82) is 0 Å². The molecule has 1 aliphatic carbocycles. The van der Waals surface area contributed by atoms with Crippen molar-refractivity contribution >= 4 is 23.5 Å². The van der Waals surface area contributed by atoms with E-state index in [0.29, 0.717) is 11.3 Å². The highest BCUT2D eigenvalue weighted by Crippen LogP contribution is 2.38. The molecule has 1 heterocycles. The third kappa shape index (κ3) is 3.11. The Balaban J connectivity index is 1.88. The molecule has 0 spiro atoms. The number of nitrogens with two attached hydrogens (primary N) is 1. The van der Waals surface area contributed by atoms with Gasteiger partial charge in [-0.05, 0) is 24.7 Å². The number of hydrogen-bond acceptors (Lipinski definition) is 3. The summed E-state index contributed by atoms with van der Waals surface area (Å²) in [5.41, 5.74) is 6.52. The Hall–Kier alpha value is 0.660. The summed E-state index contributed by atoms with van der Waals surface area (Å²) < 4.78 is 0. The summed E-state index contributed by atoms with van der Waals surface area (Å²) >= 11 is 4.25. The van der Waals surface area contributed by atoms with E-state index in [-0.39, 0.29) is 0 Å². The molecule has 3 unspecified atom stereocenters. The minimum atomic E-state index is 0.445. The first-order chi connectivity index (χ1) is 7.68. The molecule has 0 radical (unpaired) electrons. The molecular formula is C13H25NS2.